The van der Waals surface area contributed by atoms with E-state index >= 15 is 0 Å². The highest BCUT2D eigenvalue weighted by atomic mass is 79.9. The largest absolute Gasteiger partial charge is 0.496 e. The molecule has 1 amide bonds. The van der Waals surface area contributed by atoms with Gasteiger partial charge < -0.3 is 10.5 Å². The van der Waals surface area contributed by atoms with Gasteiger partial charge in [0.25, 0.3) is 5.91 Å². The third-order valence-corrected chi connectivity index (χ3v) is 4.54. The molecular formula is C17H24BrN3O2. The highest BCUT2D eigenvalue weighted by Crippen LogP contribution is 2.23. The standard InChI is InChI=1S/C17H24BrN3O2/c1-23-15-10-9-12(18)11-14(15)16(22)21-17(19)20-13-7-5-3-2-4-6-8-13/h9-11,13H,2-8H2,1H3,(H3,19,20,21,22). The van der Waals surface area contributed by atoms with Crippen molar-refractivity contribution in [2.24, 2.45) is 10.7 Å². The molecule has 0 unspecified atom stereocenters. The molecule has 5 nitrogen and oxygen atoms in total. The Labute approximate surface area is 145 Å². The predicted octanol–water partition coefficient (Wildman–Crippen LogP) is 3.62. The Bertz CT molecular complexity index is 567. The van der Waals surface area contributed by atoms with Crippen LogP contribution in [0.15, 0.2) is 27.7 Å². The van der Waals surface area contributed by atoms with Crippen LogP contribution in [0.5, 0.6) is 5.75 Å². The molecule has 6 heteroatoms. The van der Waals surface area contributed by atoms with Gasteiger partial charge in [0.1, 0.15) is 5.75 Å². The van der Waals surface area contributed by atoms with E-state index in [1.807, 2.05) is 6.07 Å². The number of nitrogens with one attached hydrogen (secondary N) is 1. The minimum absolute atomic E-state index is 0.183. The van der Waals surface area contributed by atoms with E-state index in [1.165, 1.54) is 39.2 Å². The van der Waals surface area contributed by atoms with Crippen molar-refractivity contribution < 1.29 is 9.53 Å². The first kappa shape index (κ1) is 17.8. The molecule has 1 fully saturated rings. The van der Waals surface area contributed by atoms with E-state index in [-0.39, 0.29) is 17.9 Å². The smallest absolute Gasteiger partial charge is 0.261 e. The van der Waals surface area contributed by atoms with Crippen molar-refractivity contribution in [2.45, 2.75) is 51.0 Å². The number of hydrogen-bond acceptors (Lipinski definition) is 3. The van der Waals surface area contributed by atoms with Crippen molar-refractivity contribution in [3.8, 4) is 5.75 Å². The van der Waals surface area contributed by atoms with Crippen molar-refractivity contribution in [2.75, 3.05) is 7.11 Å². The molecule has 2 rings (SSSR count). The molecule has 1 aliphatic carbocycles. The Hall–Kier alpha value is -1.56. The summed E-state index contributed by atoms with van der Waals surface area (Å²) in [7, 11) is 1.53. The SMILES string of the molecule is COc1ccc(Br)cc1C(=O)NC(N)=NC1CCCCCCC1. The van der Waals surface area contributed by atoms with E-state index in [1.54, 1.807) is 12.1 Å². The molecule has 0 heterocycles. The molecule has 0 atom stereocenters. The van der Waals surface area contributed by atoms with Gasteiger partial charge >= 0.3 is 0 Å². The van der Waals surface area contributed by atoms with Gasteiger partial charge in [0.05, 0.1) is 18.7 Å². The van der Waals surface area contributed by atoms with Crippen LogP contribution in [0, 0.1) is 0 Å². The first-order valence-electron chi connectivity index (χ1n) is 8.08. The number of ether oxygens (including phenoxy) is 1. The second kappa shape index (κ2) is 8.91. The zero-order chi connectivity index (χ0) is 16.7. The van der Waals surface area contributed by atoms with Crippen molar-refractivity contribution in [3.63, 3.8) is 0 Å². The monoisotopic (exact) mass is 381 g/mol. The molecule has 1 saturated carbocycles. The van der Waals surface area contributed by atoms with E-state index in [2.05, 4.69) is 26.2 Å². The quantitative estimate of drug-likeness (QED) is 0.619. The summed E-state index contributed by atoms with van der Waals surface area (Å²) in [6.07, 6.45) is 8.25. The second-order valence-corrected chi connectivity index (χ2v) is 6.73. The van der Waals surface area contributed by atoms with Crippen molar-refractivity contribution >= 4 is 27.8 Å². The highest BCUT2D eigenvalue weighted by Gasteiger charge is 2.15. The van der Waals surface area contributed by atoms with Gasteiger partial charge in [-0.3, -0.25) is 10.1 Å². The number of hydrogen-bond donors (Lipinski definition) is 2. The molecule has 0 aliphatic heterocycles. The van der Waals surface area contributed by atoms with Crippen LogP contribution in [0.3, 0.4) is 0 Å². The number of benzene rings is 1. The van der Waals surface area contributed by atoms with Crippen LogP contribution in [0.2, 0.25) is 0 Å². The summed E-state index contributed by atoms with van der Waals surface area (Å²) in [5.74, 6) is 0.377. The Balaban J connectivity index is 2.03. The fraction of sp³-hybridized carbons (Fsp3) is 0.529. The number of nitrogens with two attached hydrogens (primary N) is 1. The van der Waals surface area contributed by atoms with Gasteiger partial charge in [-0.1, -0.05) is 48.0 Å². The van der Waals surface area contributed by atoms with Gasteiger partial charge in [0, 0.05) is 4.47 Å². The van der Waals surface area contributed by atoms with Crippen molar-refractivity contribution in [1.29, 1.82) is 0 Å². The van der Waals surface area contributed by atoms with Crippen LogP contribution in [-0.4, -0.2) is 25.0 Å². The second-order valence-electron chi connectivity index (χ2n) is 5.81. The topological polar surface area (TPSA) is 76.7 Å². The maximum atomic E-state index is 12.4. The number of guanidine groups is 1. The lowest BCUT2D eigenvalue weighted by atomic mass is 9.97. The number of amides is 1. The molecule has 0 spiro atoms. The number of aliphatic imine (C=N–C) groups is 1. The van der Waals surface area contributed by atoms with Gasteiger partial charge in [-0.2, -0.15) is 0 Å². The molecule has 1 aromatic rings. The van der Waals surface area contributed by atoms with Gasteiger partial charge in [0.15, 0.2) is 5.96 Å². The number of halogens is 1. The van der Waals surface area contributed by atoms with Crippen LogP contribution in [0.4, 0.5) is 0 Å². The third-order valence-electron chi connectivity index (χ3n) is 4.04. The summed E-state index contributed by atoms with van der Waals surface area (Å²) >= 11 is 3.36. The molecular weight excluding hydrogens is 358 g/mol. The summed E-state index contributed by atoms with van der Waals surface area (Å²) in [5.41, 5.74) is 6.36. The molecule has 3 N–H and O–H groups in total. The summed E-state index contributed by atoms with van der Waals surface area (Å²) in [6, 6.07) is 5.47. The number of carbonyl (C=O) groups is 1. The minimum atomic E-state index is -0.310. The summed E-state index contributed by atoms with van der Waals surface area (Å²) in [5, 5.41) is 2.67. The fourth-order valence-corrected chi connectivity index (χ4v) is 3.20. The average molecular weight is 382 g/mol. The number of methoxy groups -OCH3 is 1. The Morgan fingerprint density at radius 1 is 1.26 bits per heavy atom. The molecule has 1 aromatic carbocycles. The number of rotatable bonds is 3. The molecule has 0 bridgehead atoms. The lowest BCUT2D eigenvalue weighted by molar-refractivity contribution is 0.0973. The zero-order valence-electron chi connectivity index (χ0n) is 13.5. The zero-order valence-corrected chi connectivity index (χ0v) is 15.1. The average Bonchev–Trinajstić information content (AvgIpc) is 2.49. The van der Waals surface area contributed by atoms with Crippen LogP contribution < -0.4 is 15.8 Å². The summed E-state index contributed by atoms with van der Waals surface area (Å²) in [6.45, 7) is 0. The van der Waals surface area contributed by atoms with E-state index in [0.29, 0.717) is 11.3 Å². The lowest BCUT2D eigenvalue weighted by Gasteiger charge is -2.17. The first-order valence-corrected chi connectivity index (χ1v) is 8.87. The Kier molecular flexibility index (Phi) is 6.89. The van der Waals surface area contributed by atoms with Gasteiger partial charge in [-0.05, 0) is 31.0 Å². The molecule has 126 valence electrons. The molecule has 0 aromatic heterocycles. The first-order chi connectivity index (χ1) is 11.1. The van der Waals surface area contributed by atoms with Crippen molar-refractivity contribution in [1.82, 2.24) is 5.32 Å². The van der Waals surface area contributed by atoms with Crippen molar-refractivity contribution in [3.05, 3.63) is 28.2 Å². The van der Waals surface area contributed by atoms with E-state index < -0.39 is 0 Å². The van der Waals surface area contributed by atoms with Gasteiger partial charge in [0.2, 0.25) is 0 Å². The fourth-order valence-electron chi connectivity index (χ4n) is 2.83. The number of carbonyl (C=O) groups excluding carboxylic acids is 1. The normalized spacial score (nSPS) is 17.2. The molecule has 23 heavy (non-hydrogen) atoms. The van der Waals surface area contributed by atoms with Crippen LogP contribution in [-0.2, 0) is 0 Å². The van der Waals surface area contributed by atoms with Gasteiger partial charge in [-0.15, -0.1) is 0 Å². The van der Waals surface area contributed by atoms with Crippen LogP contribution in [0.1, 0.15) is 55.3 Å². The Morgan fingerprint density at radius 3 is 2.57 bits per heavy atom. The highest BCUT2D eigenvalue weighted by molar-refractivity contribution is 9.10. The van der Waals surface area contributed by atoms with E-state index in [4.69, 9.17) is 10.5 Å². The van der Waals surface area contributed by atoms with E-state index in [9.17, 15) is 4.79 Å². The third kappa shape index (κ3) is 5.53. The molecule has 1 aliphatic rings. The summed E-state index contributed by atoms with van der Waals surface area (Å²) in [4.78, 5) is 16.9. The van der Waals surface area contributed by atoms with E-state index in [0.717, 1.165) is 17.3 Å². The minimum Gasteiger partial charge on any atom is -0.496 e. The predicted molar refractivity (Wildman–Crippen MR) is 95.9 cm³/mol. The van der Waals surface area contributed by atoms with Crippen LogP contribution >= 0.6 is 15.9 Å². The molecule has 0 saturated heterocycles. The Morgan fingerprint density at radius 2 is 1.91 bits per heavy atom. The number of nitrogens with zero attached hydrogens (tertiary/aromatic N) is 1. The maximum absolute atomic E-state index is 12.4. The van der Waals surface area contributed by atoms with Crippen LogP contribution in [0.25, 0.3) is 0 Å². The maximum Gasteiger partial charge on any atom is 0.261 e. The lowest BCUT2D eigenvalue weighted by Crippen LogP contribution is -2.38. The summed E-state index contributed by atoms with van der Waals surface area (Å²) < 4.78 is 6.03. The van der Waals surface area contributed by atoms with Gasteiger partial charge in [-0.25, -0.2) is 4.99 Å². The molecule has 0 radical (unpaired) electrons.